The number of carbonyl (C=O) groups excluding carboxylic acids is 1. The second-order valence-corrected chi connectivity index (χ2v) is 7.60. The molecule has 1 aliphatic heterocycles. The maximum atomic E-state index is 12.5. The highest BCUT2D eigenvalue weighted by atomic mass is 32.1. The van der Waals surface area contributed by atoms with Crippen LogP contribution in [0.5, 0.6) is 0 Å². The van der Waals surface area contributed by atoms with E-state index in [-0.39, 0.29) is 10.9 Å². The van der Waals surface area contributed by atoms with Crippen LogP contribution in [0.2, 0.25) is 0 Å². The lowest BCUT2D eigenvalue weighted by Crippen LogP contribution is -2.48. The second-order valence-electron chi connectivity index (χ2n) is 6.18. The van der Waals surface area contributed by atoms with Crippen LogP contribution in [0.1, 0.15) is 15.5 Å². The normalized spacial score (nSPS) is 15.1. The van der Waals surface area contributed by atoms with Gasteiger partial charge in [-0.1, -0.05) is 17.4 Å². The summed E-state index contributed by atoms with van der Waals surface area (Å²) in [5.74, 6) is 0.684. The molecule has 0 spiro atoms. The van der Waals surface area contributed by atoms with Crippen LogP contribution in [-0.4, -0.2) is 61.2 Å². The molecule has 0 radical (unpaired) electrons. The Balaban J connectivity index is 1.59. The van der Waals surface area contributed by atoms with Crippen LogP contribution in [0.4, 0.5) is 5.00 Å². The predicted molar refractivity (Wildman–Crippen MR) is 104 cm³/mol. The summed E-state index contributed by atoms with van der Waals surface area (Å²) in [7, 11) is 0. The third-order valence-corrected chi connectivity index (χ3v) is 5.85. The molecule has 9 nitrogen and oxygen atoms in total. The van der Waals surface area contributed by atoms with Gasteiger partial charge >= 0.3 is 5.00 Å². The zero-order chi connectivity index (χ0) is 19.6. The van der Waals surface area contributed by atoms with Crippen LogP contribution in [-0.2, 0) is 13.2 Å². The van der Waals surface area contributed by atoms with Crippen molar-refractivity contribution in [2.24, 2.45) is 0 Å². The summed E-state index contributed by atoms with van der Waals surface area (Å²) in [5.41, 5.74) is 0. The van der Waals surface area contributed by atoms with Gasteiger partial charge in [-0.3, -0.25) is 19.8 Å². The van der Waals surface area contributed by atoms with E-state index in [1.165, 1.54) is 12.1 Å². The molecule has 1 aliphatic rings. The Bertz CT molecular complexity index is 923. The average molecular weight is 409 g/mol. The Labute approximate surface area is 165 Å². The van der Waals surface area contributed by atoms with Crippen LogP contribution in [0.25, 0.3) is 0 Å². The maximum Gasteiger partial charge on any atom is 0.324 e. The maximum absolute atomic E-state index is 12.5. The van der Waals surface area contributed by atoms with E-state index in [0.717, 1.165) is 17.2 Å². The molecule has 0 unspecified atom stereocenters. The molecule has 1 fully saturated rings. The predicted octanol–water partition coefficient (Wildman–Crippen LogP) is 2.29. The smallest absolute Gasteiger partial charge is 0.324 e. The standard InChI is InChI=1S/C16H20N6O3S2/c1-3-6-20-12(2)17-21(16(20)26)11-18-7-9-19(10-8-18)15(23)13-4-5-14(27-13)22(24)25/h3-5H,1,6-11H2,2H3. The number of nitrogens with zero attached hydrogens (tertiary/aromatic N) is 6. The summed E-state index contributed by atoms with van der Waals surface area (Å²) in [6.45, 7) is 9.33. The molecule has 144 valence electrons. The SMILES string of the molecule is C=CCn1c(C)nn(CN2CCN(C(=O)c3ccc([N+](=O)[O-])s3)CC2)c1=S. The van der Waals surface area contributed by atoms with Crippen LogP contribution in [0.15, 0.2) is 24.8 Å². The molecule has 0 atom stereocenters. The zero-order valence-corrected chi connectivity index (χ0v) is 16.5. The first kappa shape index (κ1) is 19.4. The molecule has 0 saturated carbocycles. The highest BCUT2D eigenvalue weighted by Crippen LogP contribution is 2.25. The van der Waals surface area contributed by atoms with Crippen molar-refractivity contribution in [3.05, 3.63) is 50.4 Å². The first-order chi connectivity index (χ1) is 12.9. The van der Waals surface area contributed by atoms with Crippen molar-refractivity contribution in [1.82, 2.24) is 24.1 Å². The van der Waals surface area contributed by atoms with E-state index < -0.39 is 4.92 Å². The zero-order valence-electron chi connectivity index (χ0n) is 14.9. The third kappa shape index (κ3) is 4.15. The highest BCUT2D eigenvalue weighted by Gasteiger charge is 2.25. The van der Waals surface area contributed by atoms with Gasteiger partial charge in [0.2, 0.25) is 0 Å². The summed E-state index contributed by atoms with van der Waals surface area (Å²) in [6, 6.07) is 2.89. The van der Waals surface area contributed by atoms with Crippen molar-refractivity contribution in [1.29, 1.82) is 0 Å². The summed E-state index contributed by atoms with van der Waals surface area (Å²) in [5, 5.41) is 15.3. The summed E-state index contributed by atoms with van der Waals surface area (Å²) in [4.78, 5) is 27.1. The Morgan fingerprint density at radius 2 is 2.11 bits per heavy atom. The molecule has 2 aromatic heterocycles. The number of carbonyl (C=O) groups is 1. The summed E-state index contributed by atoms with van der Waals surface area (Å²) in [6.07, 6.45) is 1.79. The van der Waals surface area contributed by atoms with Gasteiger partial charge in [0.25, 0.3) is 5.91 Å². The van der Waals surface area contributed by atoms with Gasteiger partial charge in [0.05, 0.1) is 16.5 Å². The molecule has 1 amide bonds. The van der Waals surface area contributed by atoms with Crippen LogP contribution in [0.3, 0.4) is 0 Å². The largest absolute Gasteiger partial charge is 0.335 e. The lowest BCUT2D eigenvalue weighted by Gasteiger charge is -2.34. The quantitative estimate of drug-likeness (QED) is 0.315. The van der Waals surface area contributed by atoms with E-state index >= 15 is 0 Å². The molecule has 1 saturated heterocycles. The number of aryl methyl sites for hydroxylation is 1. The Hall–Kier alpha value is -2.37. The number of thiophene rings is 1. The Morgan fingerprint density at radius 1 is 1.41 bits per heavy atom. The minimum atomic E-state index is -0.476. The van der Waals surface area contributed by atoms with Crippen molar-refractivity contribution in [3.63, 3.8) is 0 Å². The minimum absolute atomic E-state index is 0.0168. The molecule has 3 heterocycles. The fourth-order valence-electron chi connectivity index (χ4n) is 2.96. The van der Waals surface area contributed by atoms with Gasteiger partial charge in [0.1, 0.15) is 5.82 Å². The van der Waals surface area contributed by atoms with E-state index in [0.29, 0.717) is 49.0 Å². The van der Waals surface area contributed by atoms with Crippen LogP contribution >= 0.6 is 23.6 Å². The first-order valence-electron chi connectivity index (χ1n) is 8.41. The number of amides is 1. The molecule has 0 aliphatic carbocycles. The number of hydrogen-bond acceptors (Lipinski definition) is 7. The second kappa shape index (κ2) is 8.11. The number of hydrogen-bond donors (Lipinski definition) is 0. The lowest BCUT2D eigenvalue weighted by molar-refractivity contribution is -0.380. The van der Waals surface area contributed by atoms with Gasteiger partial charge < -0.3 is 9.47 Å². The topological polar surface area (TPSA) is 89.4 Å². The Kier molecular flexibility index (Phi) is 5.82. The van der Waals surface area contributed by atoms with E-state index in [1.54, 1.807) is 15.7 Å². The number of aromatic nitrogens is 3. The molecule has 11 heteroatoms. The van der Waals surface area contributed by atoms with E-state index in [9.17, 15) is 14.9 Å². The van der Waals surface area contributed by atoms with Crippen LogP contribution in [0, 0.1) is 21.8 Å². The number of allylic oxidation sites excluding steroid dienone is 1. The van der Waals surface area contributed by atoms with Crippen molar-refractivity contribution in [2.75, 3.05) is 26.2 Å². The van der Waals surface area contributed by atoms with Crippen molar-refractivity contribution in [3.8, 4) is 0 Å². The van der Waals surface area contributed by atoms with Gasteiger partial charge in [-0.15, -0.1) is 6.58 Å². The fourth-order valence-corrected chi connectivity index (χ4v) is 4.05. The van der Waals surface area contributed by atoms with Gasteiger partial charge in [0, 0.05) is 38.8 Å². The lowest BCUT2D eigenvalue weighted by atomic mass is 10.3. The van der Waals surface area contributed by atoms with Crippen molar-refractivity contribution < 1.29 is 9.72 Å². The van der Waals surface area contributed by atoms with Gasteiger partial charge in [-0.05, 0) is 25.2 Å². The van der Waals surface area contributed by atoms with E-state index in [2.05, 4.69) is 16.6 Å². The monoisotopic (exact) mass is 408 g/mol. The van der Waals surface area contributed by atoms with E-state index in [4.69, 9.17) is 12.2 Å². The molecular formula is C16H20N6O3S2. The molecule has 0 N–H and O–H groups in total. The average Bonchev–Trinajstić information content (AvgIpc) is 3.24. The van der Waals surface area contributed by atoms with Crippen LogP contribution < -0.4 is 0 Å². The summed E-state index contributed by atoms with van der Waals surface area (Å²) < 4.78 is 4.36. The number of piperazine rings is 1. The first-order valence-corrected chi connectivity index (χ1v) is 9.64. The third-order valence-electron chi connectivity index (χ3n) is 4.40. The molecule has 3 rings (SSSR count). The minimum Gasteiger partial charge on any atom is -0.335 e. The molecule has 0 bridgehead atoms. The highest BCUT2D eigenvalue weighted by molar-refractivity contribution is 7.71. The molecular weight excluding hydrogens is 388 g/mol. The molecule has 2 aromatic rings. The van der Waals surface area contributed by atoms with Gasteiger partial charge in [-0.2, -0.15) is 5.10 Å². The summed E-state index contributed by atoms with van der Waals surface area (Å²) >= 11 is 6.38. The number of nitro groups is 1. The molecule has 0 aromatic carbocycles. The van der Waals surface area contributed by atoms with Crippen molar-refractivity contribution in [2.45, 2.75) is 20.1 Å². The van der Waals surface area contributed by atoms with Crippen molar-refractivity contribution >= 4 is 34.5 Å². The number of rotatable bonds is 6. The van der Waals surface area contributed by atoms with E-state index in [1.807, 2.05) is 11.5 Å². The van der Waals surface area contributed by atoms with Gasteiger partial charge in [0.15, 0.2) is 4.77 Å². The Morgan fingerprint density at radius 3 is 2.70 bits per heavy atom. The fraction of sp³-hybridized carbons (Fsp3) is 0.438. The van der Waals surface area contributed by atoms with Gasteiger partial charge in [-0.25, -0.2) is 4.68 Å². The molecule has 27 heavy (non-hydrogen) atoms.